The number of hydrogen-bond acceptors (Lipinski definition) is 35. The molecule has 21 fully saturated rings. The molecule has 21 aliphatic rings. The summed E-state index contributed by atoms with van der Waals surface area (Å²) in [5.74, 6) is 0. The number of methoxy groups -OCH3 is 14. The molecule has 0 radical (unpaired) electrons. The second kappa shape index (κ2) is 42.1. The van der Waals surface area contributed by atoms with E-state index in [4.69, 9.17) is 133 Å². The van der Waals surface area contributed by atoms with Gasteiger partial charge in [-0.2, -0.15) is 0 Å². The van der Waals surface area contributed by atoms with Crippen molar-refractivity contribution < 1.29 is 133 Å². The molecule has 35 atom stereocenters. The van der Waals surface area contributed by atoms with Crippen molar-refractivity contribution in [3.8, 4) is 0 Å². The summed E-state index contributed by atoms with van der Waals surface area (Å²) in [4.78, 5) is 21.0. The Kier molecular flexibility index (Phi) is 34.0. The van der Waals surface area contributed by atoms with E-state index in [1.807, 2.05) is 0 Å². The van der Waals surface area contributed by atoms with Crippen LogP contribution in [0.4, 0.5) is 0 Å². The molecule has 0 aromatic heterocycles. The smallest absolute Gasteiger partial charge is 0.187 e. The molecule has 0 amide bonds. The molecule has 14 bridgehead atoms. The number of rotatable bonds is 28. The third-order valence-corrected chi connectivity index (χ3v) is 19.3. The molecule has 49 heteroatoms. The van der Waals surface area contributed by atoms with Gasteiger partial charge in [-0.25, -0.2) is 0 Å². The lowest BCUT2D eigenvalue weighted by Gasteiger charge is -2.52. The van der Waals surface area contributed by atoms with Crippen LogP contribution in [0.3, 0.4) is 0 Å². The van der Waals surface area contributed by atoms with E-state index in [1.165, 1.54) is 99.5 Å². The summed E-state index contributed by atoms with van der Waals surface area (Å²) in [7, 11) is 18.8. The number of azide groups is 7. The van der Waals surface area contributed by atoms with Crippen molar-refractivity contribution in [3.63, 3.8) is 0 Å². The van der Waals surface area contributed by atoms with E-state index in [0.29, 0.717) is 0 Å². The molecule has 0 aliphatic carbocycles. The van der Waals surface area contributed by atoms with Gasteiger partial charge in [-0.3, -0.25) is 0 Å². The van der Waals surface area contributed by atoms with E-state index in [-0.39, 0.29) is 0 Å². The van der Waals surface area contributed by atoms with Gasteiger partial charge in [0.15, 0.2) is 44.0 Å². The van der Waals surface area contributed by atoms with Gasteiger partial charge in [-0.05, 0) is 38.7 Å². The second-order valence-corrected chi connectivity index (χ2v) is 24.2. The summed E-state index contributed by atoms with van der Waals surface area (Å²) in [6, 6.07) is 0. The molecule has 21 rings (SSSR count). The molecule has 21 heterocycles. The molecule has 21 aliphatic heterocycles. The van der Waals surface area contributed by atoms with E-state index in [9.17, 15) is 38.7 Å². The van der Waals surface area contributed by atoms with Crippen LogP contribution < -0.4 is 0 Å². The molecule has 49 nitrogen and oxygen atoms in total. The molecule has 0 unspecified atom stereocenters. The van der Waals surface area contributed by atoms with Crippen molar-refractivity contribution in [2.45, 2.75) is 215 Å². The largest absolute Gasteiger partial charge is 0.376 e. The highest BCUT2D eigenvalue weighted by atomic mass is 16.8. The lowest BCUT2D eigenvalue weighted by Crippen LogP contribution is -2.69. The van der Waals surface area contributed by atoms with Gasteiger partial charge in [0.25, 0.3) is 0 Å². The van der Waals surface area contributed by atoms with E-state index >= 15 is 0 Å². The molecular formula is C56H91N21O28. The Balaban J connectivity index is 1.28. The van der Waals surface area contributed by atoms with E-state index in [1.54, 1.807) is 0 Å². The minimum absolute atomic E-state index is 0.449. The first kappa shape index (κ1) is 84.7. The Morgan fingerprint density at radius 2 is 0.286 bits per heavy atom. The van der Waals surface area contributed by atoms with Crippen LogP contribution >= 0.6 is 0 Å². The Morgan fingerprint density at radius 1 is 0.181 bits per heavy atom. The van der Waals surface area contributed by atoms with Crippen LogP contribution in [0.1, 0.15) is 0 Å². The van der Waals surface area contributed by atoms with Crippen LogP contribution in [0.2, 0.25) is 0 Å². The Morgan fingerprint density at radius 3 is 0.371 bits per heavy atom. The number of nitrogens with zero attached hydrogens (tertiary/aromatic N) is 21. The lowest BCUT2D eigenvalue weighted by molar-refractivity contribution is -0.397. The minimum atomic E-state index is -1.51. The average molecular weight is 1510 g/mol. The average Bonchev–Trinajstić information content (AvgIpc) is 0.777. The van der Waals surface area contributed by atoms with Gasteiger partial charge < -0.3 is 133 Å². The van der Waals surface area contributed by atoms with Crippen molar-refractivity contribution in [3.05, 3.63) is 73.1 Å². The zero-order valence-electron chi connectivity index (χ0n) is 60.0. The van der Waals surface area contributed by atoms with Crippen molar-refractivity contribution in [2.24, 2.45) is 35.8 Å². The molecule has 0 spiro atoms. The Hall–Kier alpha value is -5.95. The highest BCUT2D eigenvalue weighted by molar-refractivity contribution is 5.05. The predicted molar refractivity (Wildman–Crippen MR) is 344 cm³/mol. The SMILES string of the molecule is CO[C@@H]1[C@@H](OC)[C@H]2O[C@H]3[C@H](OC)[C@@H](OC)[C@@H](O[C@H]4[C@H](OC)[C@@H](OC)[C@@H](O[C@H]5[C@H](OC)[C@@H](OC)[C@@H](O[C@H]6[C@H](OC)[C@@H](OC)[C@@H](O[C@H]7[C@H](OC)[C@@H](OC)[C@@H](O[C@H]8[C@H](OC)[C@@H](OC)[C@@H](O[C@@H]1[C@@H](CN=[N+]=[N-])O2)O[C@@H]8CN=[N+]=[N-])O[C@@H]7CN=[N+]=[N-])O[C@@H]6CN=[N+]=[N-])O[C@@H]5CN=[N+]=[N-])O[C@@H]4CN=[N+]=[N-])O[C@@H]3CN=[N+]=[N-]. The summed E-state index contributed by atoms with van der Waals surface area (Å²) >= 11 is 0. The maximum Gasteiger partial charge on any atom is 0.187 e. The van der Waals surface area contributed by atoms with Crippen LogP contribution in [0.5, 0.6) is 0 Å². The molecule has 588 valence electrons. The molecule has 105 heavy (non-hydrogen) atoms. The van der Waals surface area contributed by atoms with Gasteiger partial charge in [-0.1, -0.05) is 35.8 Å². The summed E-state index contributed by atoms with van der Waals surface area (Å²) in [6.07, 6.45) is -46.5. The highest BCUT2D eigenvalue weighted by Crippen LogP contribution is 2.43. The standard InChI is InChI=1S/C56H91N21O28/c1-78-36-29-22(15-64-71-57)92-50(43(36)85-8)100-30-23(16-65-72-58)94-52(45(87-10)37(30)79-2)102-32-25(18-67-74-60)96-54(47(89-12)39(32)81-4)104-34-27(20-69-76-62)98-56(49(91-14)41(34)83-6)105-35-28(21-70-77-63)97-55(48(90-13)42(35)84-7)103-33-26(19-68-75-61)95-53(46(88-11)40(33)82-5)101-31-24(17-66-73-59)93-51(99-29)44(86-9)38(31)80-3/h22-56H,15-21H2,1-14H3/t22-,23-,24-,25-,26-,27-,28-,29-,30-,31-,32-,33-,34-,35-,36+,37+,38+,39+,40+,41+,42+,43-,44-,45-,46-,47-,48-,49-,50-,51-,52-,53-,54-,55-,56-/m1/s1. The monoisotopic (exact) mass is 1510 g/mol. The van der Waals surface area contributed by atoms with E-state index < -0.39 is 261 Å². The Bertz CT molecular complexity index is 2520. The quantitative estimate of drug-likeness (QED) is 0.0616. The van der Waals surface area contributed by atoms with Crippen LogP contribution in [0, 0.1) is 0 Å². The van der Waals surface area contributed by atoms with Crippen molar-refractivity contribution >= 4 is 0 Å². The molecule has 0 N–H and O–H groups in total. The lowest BCUT2D eigenvalue weighted by atomic mass is 9.94. The maximum atomic E-state index is 9.83. The first-order valence-corrected chi connectivity index (χ1v) is 32.8. The zero-order chi connectivity index (χ0) is 75.9. The fourth-order valence-corrected chi connectivity index (χ4v) is 14.6. The van der Waals surface area contributed by atoms with Gasteiger partial charge in [-0.15, -0.1) is 0 Å². The summed E-state index contributed by atoms with van der Waals surface area (Å²) in [6.45, 7) is -3.14. The zero-order valence-corrected chi connectivity index (χ0v) is 60.0. The third-order valence-electron chi connectivity index (χ3n) is 19.3. The summed E-state index contributed by atoms with van der Waals surface area (Å²) in [5.41, 5.74) is 68.8. The van der Waals surface area contributed by atoms with Crippen LogP contribution in [0.25, 0.3) is 73.1 Å². The van der Waals surface area contributed by atoms with Gasteiger partial charge in [0.2, 0.25) is 0 Å². The minimum Gasteiger partial charge on any atom is -0.376 e. The molecule has 0 saturated carbocycles. The molecule has 0 aromatic carbocycles. The third kappa shape index (κ3) is 19.0. The van der Waals surface area contributed by atoms with Gasteiger partial charge >= 0.3 is 0 Å². The normalized spacial score (nSPS) is 42.9. The van der Waals surface area contributed by atoms with Gasteiger partial charge in [0.05, 0.1) is 88.5 Å². The van der Waals surface area contributed by atoms with E-state index in [2.05, 4.69) is 70.2 Å². The molecule has 0 aromatic rings. The highest BCUT2D eigenvalue weighted by Gasteiger charge is 2.62. The maximum absolute atomic E-state index is 9.83. The summed E-state index contributed by atoms with van der Waals surface area (Å²) in [5, 5.41) is 27.0. The van der Waals surface area contributed by atoms with Gasteiger partial charge in [0, 0.05) is 134 Å². The van der Waals surface area contributed by atoms with Crippen LogP contribution in [-0.2, 0) is 133 Å². The number of ether oxygens (including phenoxy) is 28. The van der Waals surface area contributed by atoms with Crippen LogP contribution in [0.15, 0.2) is 35.8 Å². The molecular weight excluding hydrogens is 1410 g/mol. The van der Waals surface area contributed by atoms with Crippen molar-refractivity contribution in [2.75, 3.05) is 145 Å². The topological polar surface area (TPSA) is 600 Å². The van der Waals surface area contributed by atoms with Gasteiger partial charge in [0.1, 0.15) is 128 Å². The predicted octanol–water partition coefficient (Wildman–Crippen LogP) is 3.15. The second-order valence-electron chi connectivity index (χ2n) is 24.2. The fraction of sp³-hybridized carbons (Fsp3) is 1.00. The van der Waals surface area contributed by atoms with Crippen molar-refractivity contribution in [1.29, 1.82) is 0 Å². The van der Waals surface area contributed by atoms with Crippen LogP contribution in [-0.4, -0.2) is 360 Å². The summed E-state index contributed by atoms with van der Waals surface area (Å²) < 4.78 is 181. The Labute approximate surface area is 600 Å². The molecule has 21 saturated heterocycles. The van der Waals surface area contributed by atoms with Crippen molar-refractivity contribution in [1.82, 2.24) is 0 Å². The first-order valence-electron chi connectivity index (χ1n) is 32.8. The fourth-order valence-electron chi connectivity index (χ4n) is 14.6. The number of hydrogen-bond donors (Lipinski definition) is 0. The van der Waals surface area contributed by atoms with E-state index in [0.717, 1.165) is 0 Å². The first-order chi connectivity index (χ1) is 51.2.